The Labute approximate surface area is 114 Å². The minimum absolute atomic E-state index is 0.321. The van der Waals surface area contributed by atoms with E-state index < -0.39 is 0 Å². The van der Waals surface area contributed by atoms with Gasteiger partial charge in [0, 0.05) is 23.0 Å². The van der Waals surface area contributed by atoms with Gasteiger partial charge in [-0.1, -0.05) is 6.92 Å². The van der Waals surface area contributed by atoms with Crippen molar-refractivity contribution in [3.8, 4) is 0 Å². The zero-order valence-corrected chi connectivity index (χ0v) is 12.8. The molecule has 2 atom stereocenters. The van der Waals surface area contributed by atoms with Gasteiger partial charge in [-0.15, -0.1) is 11.3 Å². The lowest BCUT2D eigenvalue weighted by Crippen LogP contribution is -2.48. The molecule has 0 amide bonds. The first-order valence-electron chi connectivity index (χ1n) is 6.99. The summed E-state index contributed by atoms with van der Waals surface area (Å²) in [6.07, 6.45) is 3.81. The maximum Gasteiger partial charge on any atom is 0.0900 e. The van der Waals surface area contributed by atoms with E-state index in [0.29, 0.717) is 11.6 Å². The Morgan fingerprint density at radius 1 is 1.50 bits per heavy atom. The van der Waals surface area contributed by atoms with Crippen molar-refractivity contribution in [1.29, 1.82) is 0 Å². The average Bonchev–Trinajstić information content (AvgIpc) is 2.94. The van der Waals surface area contributed by atoms with Crippen LogP contribution >= 0.6 is 11.3 Å². The molecule has 4 heteroatoms. The third-order valence-electron chi connectivity index (χ3n) is 4.09. The molecule has 2 heterocycles. The van der Waals surface area contributed by atoms with Crippen molar-refractivity contribution >= 4 is 11.3 Å². The molecule has 18 heavy (non-hydrogen) atoms. The number of rotatable bonds is 5. The Morgan fingerprint density at radius 2 is 2.28 bits per heavy atom. The highest BCUT2D eigenvalue weighted by Gasteiger charge is 2.31. The van der Waals surface area contributed by atoms with Crippen molar-refractivity contribution in [3.63, 3.8) is 0 Å². The maximum absolute atomic E-state index is 4.51. The molecule has 2 N–H and O–H groups in total. The summed E-state index contributed by atoms with van der Waals surface area (Å²) in [4.78, 5) is 5.90. The second-order valence-electron chi connectivity index (χ2n) is 5.45. The fourth-order valence-corrected chi connectivity index (χ4v) is 3.79. The number of thiazole rings is 1. The first kappa shape index (κ1) is 14.0. The molecule has 1 aromatic rings. The summed E-state index contributed by atoms with van der Waals surface area (Å²) >= 11 is 1.82. The Morgan fingerprint density at radius 3 is 2.78 bits per heavy atom. The summed E-state index contributed by atoms with van der Waals surface area (Å²) in [6.45, 7) is 11.0. The summed E-state index contributed by atoms with van der Waals surface area (Å²) in [5, 5.41) is 8.53. The fourth-order valence-electron chi connectivity index (χ4n) is 2.84. The third kappa shape index (κ3) is 2.92. The van der Waals surface area contributed by atoms with Crippen molar-refractivity contribution in [1.82, 2.24) is 15.6 Å². The van der Waals surface area contributed by atoms with E-state index in [-0.39, 0.29) is 0 Å². The molecule has 1 aromatic heterocycles. The van der Waals surface area contributed by atoms with Crippen molar-refractivity contribution in [3.05, 3.63) is 15.6 Å². The van der Waals surface area contributed by atoms with E-state index in [2.05, 4.69) is 43.3 Å². The highest BCUT2D eigenvalue weighted by atomic mass is 32.1. The Hall–Kier alpha value is -0.450. The molecule has 1 aliphatic rings. The minimum atomic E-state index is 0.321. The summed E-state index contributed by atoms with van der Waals surface area (Å²) in [5.41, 5.74) is 1.50. The first-order valence-corrected chi connectivity index (χ1v) is 7.80. The molecule has 0 saturated carbocycles. The second-order valence-corrected chi connectivity index (χ2v) is 6.68. The molecule has 1 aliphatic heterocycles. The van der Waals surface area contributed by atoms with Crippen molar-refractivity contribution in [2.24, 2.45) is 0 Å². The number of nitrogens with one attached hydrogen (secondary N) is 2. The van der Waals surface area contributed by atoms with Crippen molar-refractivity contribution < 1.29 is 0 Å². The summed E-state index contributed by atoms with van der Waals surface area (Å²) in [6, 6.07) is 0.405. The van der Waals surface area contributed by atoms with E-state index >= 15 is 0 Å². The van der Waals surface area contributed by atoms with Crippen LogP contribution in [0.2, 0.25) is 0 Å². The van der Waals surface area contributed by atoms with Gasteiger partial charge < -0.3 is 10.6 Å². The van der Waals surface area contributed by atoms with E-state index in [0.717, 1.165) is 6.54 Å². The van der Waals surface area contributed by atoms with Gasteiger partial charge in [0.1, 0.15) is 0 Å². The molecule has 2 rings (SSSR count). The molecule has 2 unspecified atom stereocenters. The van der Waals surface area contributed by atoms with Gasteiger partial charge in [-0.2, -0.15) is 0 Å². The van der Waals surface area contributed by atoms with Crippen LogP contribution in [0.4, 0.5) is 0 Å². The summed E-state index contributed by atoms with van der Waals surface area (Å²) < 4.78 is 0. The van der Waals surface area contributed by atoms with Crippen LogP contribution in [0.1, 0.15) is 54.7 Å². The van der Waals surface area contributed by atoms with E-state index in [4.69, 9.17) is 0 Å². The highest BCUT2D eigenvalue weighted by Crippen LogP contribution is 2.27. The van der Waals surface area contributed by atoms with Gasteiger partial charge in [-0.3, -0.25) is 0 Å². The smallest absolute Gasteiger partial charge is 0.0900 e. The molecule has 0 spiro atoms. The van der Waals surface area contributed by atoms with Crippen LogP contribution in [0.25, 0.3) is 0 Å². The highest BCUT2D eigenvalue weighted by molar-refractivity contribution is 7.11. The SMILES string of the molecule is CCC1(CNC(C)c2sc(C)nc2C)CCCN1. The number of hydrogen-bond donors (Lipinski definition) is 2. The third-order valence-corrected chi connectivity index (χ3v) is 5.34. The van der Waals surface area contributed by atoms with Crippen LogP contribution in [-0.4, -0.2) is 23.6 Å². The van der Waals surface area contributed by atoms with Crippen LogP contribution in [-0.2, 0) is 0 Å². The zero-order valence-electron chi connectivity index (χ0n) is 12.0. The van der Waals surface area contributed by atoms with E-state index in [1.165, 1.54) is 41.4 Å². The zero-order chi connectivity index (χ0) is 13.2. The minimum Gasteiger partial charge on any atom is -0.310 e. The van der Waals surface area contributed by atoms with Gasteiger partial charge in [0.15, 0.2) is 0 Å². The van der Waals surface area contributed by atoms with Crippen LogP contribution in [0.5, 0.6) is 0 Å². The van der Waals surface area contributed by atoms with E-state index in [1.54, 1.807) is 0 Å². The molecule has 0 aromatic carbocycles. The molecule has 1 fully saturated rings. The molecule has 0 aliphatic carbocycles. The molecule has 0 radical (unpaired) electrons. The predicted molar refractivity (Wildman–Crippen MR) is 78.3 cm³/mol. The lowest BCUT2D eigenvalue weighted by molar-refractivity contribution is 0.327. The average molecular weight is 267 g/mol. The topological polar surface area (TPSA) is 37.0 Å². The first-order chi connectivity index (χ1) is 8.56. The Balaban J connectivity index is 1.95. The quantitative estimate of drug-likeness (QED) is 0.861. The standard InChI is InChI=1S/C14H25N3S/c1-5-14(7-6-8-16-14)9-15-10(2)13-11(3)17-12(4)18-13/h10,15-16H,5-9H2,1-4H3. The van der Waals surface area contributed by atoms with Crippen molar-refractivity contribution in [2.75, 3.05) is 13.1 Å². The fraction of sp³-hybridized carbons (Fsp3) is 0.786. The van der Waals surface area contributed by atoms with Crippen LogP contribution in [0.15, 0.2) is 0 Å². The van der Waals surface area contributed by atoms with Crippen LogP contribution in [0, 0.1) is 13.8 Å². The van der Waals surface area contributed by atoms with E-state index in [1.807, 2.05) is 11.3 Å². The van der Waals surface area contributed by atoms with Crippen LogP contribution < -0.4 is 10.6 Å². The summed E-state index contributed by atoms with van der Waals surface area (Å²) in [7, 11) is 0. The summed E-state index contributed by atoms with van der Waals surface area (Å²) in [5.74, 6) is 0. The van der Waals surface area contributed by atoms with Crippen molar-refractivity contribution in [2.45, 2.75) is 58.5 Å². The molecular weight excluding hydrogens is 242 g/mol. The van der Waals surface area contributed by atoms with Gasteiger partial charge in [-0.25, -0.2) is 4.98 Å². The van der Waals surface area contributed by atoms with Crippen LogP contribution in [0.3, 0.4) is 0 Å². The molecule has 3 nitrogen and oxygen atoms in total. The number of nitrogens with zero attached hydrogens (tertiary/aromatic N) is 1. The lowest BCUT2D eigenvalue weighted by atomic mass is 9.94. The van der Waals surface area contributed by atoms with Gasteiger partial charge in [-0.05, 0) is 46.6 Å². The monoisotopic (exact) mass is 267 g/mol. The van der Waals surface area contributed by atoms with Gasteiger partial charge in [0.05, 0.1) is 10.7 Å². The van der Waals surface area contributed by atoms with Gasteiger partial charge >= 0.3 is 0 Å². The van der Waals surface area contributed by atoms with Gasteiger partial charge in [0.2, 0.25) is 0 Å². The molecule has 0 bridgehead atoms. The predicted octanol–water partition coefficient (Wildman–Crippen LogP) is 2.94. The number of aryl methyl sites for hydroxylation is 2. The lowest BCUT2D eigenvalue weighted by Gasteiger charge is -2.30. The molecular formula is C14H25N3S. The largest absolute Gasteiger partial charge is 0.310 e. The normalized spacial score (nSPS) is 25.6. The number of hydrogen-bond acceptors (Lipinski definition) is 4. The van der Waals surface area contributed by atoms with E-state index in [9.17, 15) is 0 Å². The molecule has 1 saturated heterocycles. The Kier molecular flexibility index (Phi) is 4.41. The number of aromatic nitrogens is 1. The second kappa shape index (κ2) is 5.68. The van der Waals surface area contributed by atoms with Gasteiger partial charge in [0.25, 0.3) is 0 Å². The maximum atomic E-state index is 4.51. The molecule has 102 valence electrons. The Bertz CT molecular complexity index is 394.